The van der Waals surface area contributed by atoms with Gasteiger partial charge in [-0.2, -0.15) is 8.78 Å². The molecule has 1 atom stereocenters. The largest absolute Gasteiger partial charge is 0.382 e. The molecule has 1 fully saturated rings. The zero-order valence-electron chi connectivity index (χ0n) is 21.8. The summed E-state index contributed by atoms with van der Waals surface area (Å²) in [6.07, 6.45) is -1.58. The molecule has 1 unspecified atom stereocenters. The third-order valence-electron chi connectivity index (χ3n) is 7.67. The molecule has 2 aliphatic rings. The Morgan fingerprint density at radius 1 is 1.15 bits per heavy atom. The first-order chi connectivity index (χ1) is 19.6. The zero-order valence-corrected chi connectivity index (χ0v) is 21.8. The molecule has 0 saturated carbocycles. The van der Waals surface area contributed by atoms with Crippen LogP contribution in [-0.2, 0) is 11.3 Å². The maximum Gasteiger partial charge on any atom is 0.269 e. The summed E-state index contributed by atoms with van der Waals surface area (Å²) in [4.78, 5) is 29.1. The van der Waals surface area contributed by atoms with Crippen molar-refractivity contribution in [3.63, 3.8) is 0 Å². The summed E-state index contributed by atoms with van der Waals surface area (Å²) < 4.78 is 77.0. The molecule has 0 aliphatic carbocycles. The number of pyridine rings is 1. The van der Waals surface area contributed by atoms with E-state index in [2.05, 4.69) is 15.0 Å². The van der Waals surface area contributed by atoms with Gasteiger partial charge in [0.2, 0.25) is 0 Å². The number of likely N-dealkylation sites (N-methyl/N-ethyl adjacent to an activating group) is 1. The van der Waals surface area contributed by atoms with E-state index in [1.54, 1.807) is 9.30 Å². The van der Waals surface area contributed by atoms with Crippen molar-refractivity contribution in [3.8, 4) is 0 Å². The van der Waals surface area contributed by atoms with E-state index in [4.69, 9.17) is 10.5 Å². The number of nitrogen functional groups attached to an aromatic ring is 1. The van der Waals surface area contributed by atoms with Crippen LogP contribution in [0.1, 0.15) is 52.5 Å². The molecule has 4 aromatic rings. The molecule has 0 bridgehead atoms. The Kier molecular flexibility index (Phi) is 6.72. The van der Waals surface area contributed by atoms with E-state index in [1.807, 2.05) is 0 Å². The van der Waals surface area contributed by atoms with Crippen LogP contribution in [-0.4, -0.2) is 56.9 Å². The minimum Gasteiger partial charge on any atom is -0.382 e. The fraction of sp³-hybridized carbons (Fsp3) is 0.333. The van der Waals surface area contributed by atoms with Crippen LogP contribution in [0.25, 0.3) is 16.6 Å². The van der Waals surface area contributed by atoms with Gasteiger partial charge in [-0.15, -0.1) is 0 Å². The van der Waals surface area contributed by atoms with E-state index in [9.17, 15) is 22.4 Å². The summed E-state index contributed by atoms with van der Waals surface area (Å²) >= 11 is 0. The quantitative estimate of drug-likeness (QED) is 0.342. The minimum absolute atomic E-state index is 0.00647. The summed E-state index contributed by atoms with van der Waals surface area (Å²) in [6.45, 7) is 0.226. The van der Waals surface area contributed by atoms with Crippen LogP contribution in [0.4, 0.5) is 33.6 Å². The topological polar surface area (TPSA) is 102 Å². The van der Waals surface area contributed by atoms with E-state index in [0.717, 1.165) is 6.07 Å². The minimum atomic E-state index is -2.90. The number of carbonyl (C=O) groups is 1. The number of piperidine rings is 1. The number of rotatable bonds is 4. The molecule has 5 heterocycles. The highest BCUT2D eigenvalue weighted by atomic mass is 19.3. The monoisotopic (exact) mass is 573 g/mol. The predicted molar refractivity (Wildman–Crippen MR) is 139 cm³/mol. The van der Waals surface area contributed by atoms with Crippen molar-refractivity contribution >= 4 is 34.1 Å². The van der Waals surface area contributed by atoms with Gasteiger partial charge in [0.05, 0.1) is 59.6 Å². The fourth-order valence-corrected chi connectivity index (χ4v) is 5.44. The molecule has 0 spiro atoms. The third-order valence-corrected chi connectivity index (χ3v) is 7.67. The zero-order chi connectivity index (χ0) is 29.0. The average molecular weight is 574 g/mol. The van der Waals surface area contributed by atoms with Crippen LogP contribution in [0, 0.1) is 5.82 Å². The van der Waals surface area contributed by atoms with Crippen molar-refractivity contribution in [2.75, 3.05) is 37.4 Å². The number of nitrogens with zero attached hydrogens (tertiary/aromatic N) is 6. The Balaban J connectivity index is 1.35. The number of alkyl halides is 2. The maximum absolute atomic E-state index is 15.2. The molecule has 1 aromatic carbocycles. The van der Waals surface area contributed by atoms with Crippen molar-refractivity contribution in [3.05, 3.63) is 70.6 Å². The molecular formula is C27H24F5N7O2. The molecule has 1 saturated heterocycles. The predicted octanol–water partition coefficient (Wildman–Crippen LogP) is 5.03. The van der Waals surface area contributed by atoms with Gasteiger partial charge in [-0.25, -0.2) is 28.1 Å². The number of nitrogens with two attached hydrogens (primary N) is 1. The van der Waals surface area contributed by atoms with Crippen LogP contribution in [0.2, 0.25) is 0 Å². The molecule has 3 aromatic heterocycles. The van der Waals surface area contributed by atoms with Gasteiger partial charge in [-0.1, -0.05) is 0 Å². The fourth-order valence-electron chi connectivity index (χ4n) is 5.44. The van der Waals surface area contributed by atoms with E-state index in [-0.39, 0.29) is 73.0 Å². The number of hydrogen-bond donors (Lipinski definition) is 1. The van der Waals surface area contributed by atoms with Gasteiger partial charge >= 0.3 is 0 Å². The maximum atomic E-state index is 15.2. The number of ether oxygens (including phenoxy) is 1. The Morgan fingerprint density at radius 3 is 2.61 bits per heavy atom. The summed E-state index contributed by atoms with van der Waals surface area (Å²) in [5, 5.41) is 0. The molecule has 14 heteroatoms. The summed E-state index contributed by atoms with van der Waals surface area (Å²) in [6, 6.07) is 2.91. The number of aromatic nitrogens is 4. The molecule has 1 amide bonds. The summed E-state index contributed by atoms with van der Waals surface area (Å²) in [5.74, 6) is -1.38. The second kappa shape index (κ2) is 10.3. The van der Waals surface area contributed by atoms with E-state index < -0.39 is 30.3 Å². The molecule has 41 heavy (non-hydrogen) atoms. The average Bonchev–Trinajstić information content (AvgIpc) is 3.46. The highest BCUT2D eigenvalue weighted by Gasteiger charge is 2.34. The van der Waals surface area contributed by atoms with E-state index in [0.29, 0.717) is 22.3 Å². The van der Waals surface area contributed by atoms with Gasteiger partial charge < -0.3 is 20.3 Å². The Morgan fingerprint density at radius 2 is 1.90 bits per heavy atom. The van der Waals surface area contributed by atoms with Gasteiger partial charge in [0.25, 0.3) is 18.4 Å². The van der Waals surface area contributed by atoms with Crippen LogP contribution in [0.5, 0.6) is 0 Å². The highest BCUT2D eigenvalue weighted by molar-refractivity contribution is 5.98. The smallest absolute Gasteiger partial charge is 0.269 e. The van der Waals surface area contributed by atoms with Gasteiger partial charge in [-0.3, -0.25) is 9.20 Å². The first kappa shape index (κ1) is 26.9. The van der Waals surface area contributed by atoms with Crippen LogP contribution < -0.4 is 10.6 Å². The van der Waals surface area contributed by atoms with Crippen LogP contribution in [0.15, 0.2) is 42.4 Å². The first-order valence-corrected chi connectivity index (χ1v) is 12.8. The molecule has 9 nitrogen and oxygen atoms in total. The van der Waals surface area contributed by atoms with Crippen molar-refractivity contribution < 1.29 is 31.5 Å². The van der Waals surface area contributed by atoms with Crippen molar-refractivity contribution in [1.29, 1.82) is 0 Å². The van der Waals surface area contributed by atoms with Crippen LogP contribution >= 0.6 is 0 Å². The van der Waals surface area contributed by atoms with E-state index >= 15 is 4.39 Å². The summed E-state index contributed by atoms with van der Waals surface area (Å²) in [5.41, 5.74) is 7.14. The number of hydrogen-bond acceptors (Lipinski definition) is 7. The molecule has 2 aliphatic heterocycles. The molecule has 6 rings (SSSR count). The number of anilines is 2. The van der Waals surface area contributed by atoms with Gasteiger partial charge in [0.1, 0.15) is 23.0 Å². The molecule has 2 N–H and O–H groups in total. The molecular weight excluding hydrogens is 549 g/mol. The Labute approximate surface area is 230 Å². The number of halogens is 5. The lowest BCUT2D eigenvalue weighted by Crippen LogP contribution is -2.38. The number of fused-ring (bicyclic) bond motifs is 4. The normalized spacial score (nSPS) is 17.4. The third kappa shape index (κ3) is 4.61. The molecule has 214 valence electrons. The van der Waals surface area contributed by atoms with Crippen LogP contribution in [0.3, 0.4) is 0 Å². The van der Waals surface area contributed by atoms with E-state index in [1.165, 1.54) is 36.6 Å². The second-order valence-corrected chi connectivity index (χ2v) is 10.0. The number of amides is 1. The first-order valence-electron chi connectivity index (χ1n) is 12.8. The Bertz CT molecular complexity index is 1710. The Hall–Kier alpha value is -4.33. The van der Waals surface area contributed by atoms with Crippen molar-refractivity contribution in [1.82, 2.24) is 24.3 Å². The van der Waals surface area contributed by atoms with Crippen molar-refractivity contribution in [2.45, 2.75) is 31.9 Å². The lowest BCUT2D eigenvalue weighted by atomic mass is 9.98. The summed E-state index contributed by atoms with van der Waals surface area (Å²) in [7, 11) is 1.43. The SMILES string of the molecule is CN(C(=O)c1cc2c(cc1F)nc(N)c1cncn12)C1COCc2nc(N3CCC(=C(F)F)CC3)c(C(F)F)cc21. The van der Waals surface area contributed by atoms with Gasteiger partial charge in [0.15, 0.2) is 0 Å². The lowest BCUT2D eigenvalue weighted by molar-refractivity contribution is 0.0325. The highest BCUT2D eigenvalue weighted by Crippen LogP contribution is 2.38. The molecule has 0 radical (unpaired) electrons. The number of carbonyl (C=O) groups excluding carboxylic acids is 1. The standard InChI is InChI=1S/C27H24F5N7O2/c1-37(27(40)14-7-20-18(8-17(14)28)35-25(33)21-9-34-12-39(20)21)22-11-41-10-19-15(22)6-16(24(31)32)26(36-19)38-4-2-13(3-5-38)23(29)30/h6-9,12,22,24H,2-5,10-11H2,1H3,(H2,33,35). The second-order valence-electron chi connectivity index (χ2n) is 10.0. The van der Waals surface area contributed by atoms with Gasteiger partial charge in [0, 0.05) is 31.8 Å². The van der Waals surface area contributed by atoms with Crippen molar-refractivity contribution in [2.24, 2.45) is 0 Å². The lowest BCUT2D eigenvalue weighted by Gasteiger charge is -2.35. The van der Waals surface area contributed by atoms with Gasteiger partial charge in [-0.05, 0) is 30.5 Å². The number of imidazole rings is 1. The number of benzene rings is 1.